The molecule has 2 unspecified atom stereocenters. The van der Waals surface area contributed by atoms with Gasteiger partial charge in [0.15, 0.2) is 0 Å². The maximum Gasteiger partial charge on any atom is 0.244 e. The molecule has 2 atom stereocenters. The van der Waals surface area contributed by atoms with Crippen molar-refractivity contribution in [2.24, 2.45) is 0 Å². The number of aromatic nitrogens is 2. The van der Waals surface area contributed by atoms with E-state index in [1.165, 1.54) is 0 Å². The fourth-order valence-corrected chi connectivity index (χ4v) is 3.05. The summed E-state index contributed by atoms with van der Waals surface area (Å²) in [5, 5.41) is 15.7. The molecule has 3 rings (SSSR count). The van der Waals surface area contributed by atoms with E-state index in [0.717, 1.165) is 24.3 Å². The van der Waals surface area contributed by atoms with Gasteiger partial charge in [-0.15, -0.1) is 11.3 Å². The van der Waals surface area contributed by atoms with E-state index >= 15 is 0 Å². The third kappa shape index (κ3) is 2.70. The lowest BCUT2D eigenvalue weighted by atomic mass is 10.1. The van der Waals surface area contributed by atoms with Crippen LogP contribution in [0.5, 0.6) is 0 Å². The summed E-state index contributed by atoms with van der Waals surface area (Å²) in [6.07, 6.45) is 1.65. The van der Waals surface area contributed by atoms with Crippen molar-refractivity contribution in [1.82, 2.24) is 15.0 Å². The second kappa shape index (κ2) is 5.40. The van der Waals surface area contributed by atoms with E-state index in [2.05, 4.69) is 15.0 Å². The van der Waals surface area contributed by atoms with E-state index in [-0.39, 0.29) is 12.1 Å². The van der Waals surface area contributed by atoms with Gasteiger partial charge in [0.05, 0.1) is 17.0 Å². The predicted molar refractivity (Wildman–Crippen MR) is 72.8 cm³/mol. The van der Waals surface area contributed by atoms with E-state index in [9.17, 15) is 5.11 Å². The molecule has 19 heavy (non-hydrogen) atoms. The number of thiophene rings is 1. The fourth-order valence-electron chi connectivity index (χ4n) is 2.40. The fraction of sp³-hybridized carbons (Fsp3) is 0.538. The number of rotatable bonds is 3. The van der Waals surface area contributed by atoms with Crippen LogP contribution in [-0.4, -0.2) is 39.3 Å². The van der Waals surface area contributed by atoms with Gasteiger partial charge in [-0.25, -0.2) is 0 Å². The molecule has 6 heteroatoms. The zero-order valence-electron chi connectivity index (χ0n) is 10.8. The summed E-state index contributed by atoms with van der Waals surface area (Å²) in [5.74, 6) is 1.27. The average molecular weight is 279 g/mol. The van der Waals surface area contributed by atoms with Gasteiger partial charge >= 0.3 is 0 Å². The predicted octanol–water partition coefficient (Wildman–Crippen LogP) is 2.32. The lowest BCUT2D eigenvalue weighted by Crippen LogP contribution is -2.39. The quantitative estimate of drug-likeness (QED) is 0.934. The van der Waals surface area contributed by atoms with Gasteiger partial charge in [-0.3, -0.25) is 4.90 Å². The molecule has 0 aromatic carbocycles. The smallest absolute Gasteiger partial charge is 0.244 e. The van der Waals surface area contributed by atoms with Gasteiger partial charge in [0, 0.05) is 6.54 Å². The Balaban J connectivity index is 1.75. The molecule has 0 aliphatic carbocycles. The molecule has 102 valence electrons. The monoisotopic (exact) mass is 279 g/mol. The third-order valence-electron chi connectivity index (χ3n) is 3.52. The van der Waals surface area contributed by atoms with E-state index in [4.69, 9.17) is 4.52 Å². The molecule has 2 aromatic heterocycles. The molecule has 3 heterocycles. The highest BCUT2D eigenvalue weighted by Crippen LogP contribution is 2.26. The topological polar surface area (TPSA) is 62.4 Å². The SMILES string of the molecule is CC(c1nc(-c2cccs2)no1)N1CCCC(O)C1. The zero-order chi connectivity index (χ0) is 13.2. The molecule has 1 aliphatic heterocycles. The Labute approximate surface area is 115 Å². The van der Waals surface area contributed by atoms with E-state index in [1.807, 2.05) is 24.4 Å². The summed E-state index contributed by atoms with van der Waals surface area (Å²) in [4.78, 5) is 7.67. The van der Waals surface area contributed by atoms with Crippen LogP contribution in [0.25, 0.3) is 10.7 Å². The summed E-state index contributed by atoms with van der Waals surface area (Å²) < 4.78 is 5.36. The number of nitrogens with zero attached hydrogens (tertiary/aromatic N) is 3. The Kier molecular flexibility index (Phi) is 3.63. The molecule has 0 amide bonds. The summed E-state index contributed by atoms with van der Waals surface area (Å²) in [6, 6.07) is 4.01. The van der Waals surface area contributed by atoms with Gasteiger partial charge in [-0.2, -0.15) is 4.98 Å². The minimum Gasteiger partial charge on any atom is -0.392 e. The van der Waals surface area contributed by atoms with Crippen molar-refractivity contribution >= 4 is 11.3 Å². The van der Waals surface area contributed by atoms with Crippen LogP contribution in [0.2, 0.25) is 0 Å². The third-order valence-corrected chi connectivity index (χ3v) is 4.38. The number of hydrogen-bond acceptors (Lipinski definition) is 6. The van der Waals surface area contributed by atoms with Gasteiger partial charge in [0.25, 0.3) is 0 Å². The Morgan fingerprint density at radius 3 is 3.21 bits per heavy atom. The first-order valence-corrected chi connectivity index (χ1v) is 7.41. The van der Waals surface area contributed by atoms with Crippen LogP contribution in [0.4, 0.5) is 0 Å². The van der Waals surface area contributed by atoms with Gasteiger partial charge in [0.1, 0.15) is 0 Å². The van der Waals surface area contributed by atoms with Crippen molar-refractivity contribution in [3.63, 3.8) is 0 Å². The van der Waals surface area contributed by atoms with Gasteiger partial charge < -0.3 is 9.63 Å². The highest BCUT2D eigenvalue weighted by molar-refractivity contribution is 7.13. The maximum absolute atomic E-state index is 9.72. The maximum atomic E-state index is 9.72. The molecule has 1 aliphatic rings. The minimum absolute atomic E-state index is 0.0520. The highest BCUT2D eigenvalue weighted by Gasteiger charge is 2.26. The molecular formula is C13H17N3O2S. The first kappa shape index (κ1) is 12.8. The Bertz CT molecular complexity index is 526. The molecule has 1 N–H and O–H groups in total. The minimum atomic E-state index is -0.240. The van der Waals surface area contributed by atoms with Crippen molar-refractivity contribution in [2.45, 2.75) is 31.9 Å². The van der Waals surface area contributed by atoms with Crippen molar-refractivity contribution in [2.75, 3.05) is 13.1 Å². The Morgan fingerprint density at radius 1 is 1.58 bits per heavy atom. The van der Waals surface area contributed by atoms with Crippen LogP contribution in [0.15, 0.2) is 22.0 Å². The van der Waals surface area contributed by atoms with Crippen LogP contribution in [0.3, 0.4) is 0 Å². The summed E-state index contributed by atoms with van der Waals surface area (Å²) in [5.41, 5.74) is 0. The van der Waals surface area contributed by atoms with Crippen molar-refractivity contribution < 1.29 is 9.63 Å². The van der Waals surface area contributed by atoms with Gasteiger partial charge in [0.2, 0.25) is 11.7 Å². The molecule has 1 saturated heterocycles. The molecule has 0 radical (unpaired) electrons. The summed E-state index contributed by atoms with van der Waals surface area (Å²) in [7, 11) is 0. The molecule has 1 fully saturated rings. The van der Waals surface area contributed by atoms with Crippen molar-refractivity contribution in [3.8, 4) is 10.7 Å². The number of β-amino-alcohol motifs (C(OH)–C–C–N with tert-alkyl or cyclic N) is 1. The van der Waals surface area contributed by atoms with Crippen LogP contribution in [0.1, 0.15) is 31.7 Å². The summed E-state index contributed by atoms with van der Waals surface area (Å²) in [6.45, 7) is 3.69. The first-order valence-electron chi connectivity index (χ1n) is 6.53. The number of aliphatic hydroxyl groups excluding tert-OH is 1. The highest BCUT2D eigenvalue weighted by atomic mass is 32.1. The molecule has 0 saturated carbocycles. The Hall–Kier alpha value is -1.24. The number of likely N-dealkylation sites (tertiary alicyclic amines) is 1. The molecule has 2 aromatic rings. The van der Waals surface area contributed by atoms with Crippen LogP contribution < -0.4 is 0 Å². The Morgan fingerprint density at radius 2 is 2.47 bits per heavy atom. The van der Waals surface area contributed by atoms with E-state index < -0.39 is 0 Å². The molecule has 0 spiro atoms. The molecule has 5 nitrogen and oxygen atoms in total. The van der Waals surface area contributed by atoms with Crippen molar-refractivity contribution in [1.29, 1.82) is 0 Å². The first-order chi connectivity index (χ1) is 9.24. The lowest BCUT2D eigenvalue weighted by molar-refractivity contribution is 0.0422. The lowest BCUT2D eigenvalue weighted by Gasteiger charge is -2.32. The second-order valence-electron chi connectivity index (χ2n) is 4.90. The van der Waals surface area contributed by atoms with Crippen molar-refractivity contribution in [3.05, 3.63) is 23.4 Å². The van der Waals surface area contributed by atoms with Gasteiger partial charge in [-0.1, -0.05) is 11.2 Å². The normalized spacial score (nSPS) is 22.5. The number of aliphatic hydroxyl groups is 1. The molecule has 0 bridgehead atoms. The largest absolute Gasteiger partial charge is 0.392 e. The standard InChI is InChI=1S/C13H17N3O2S/c1-9(16-6-2-4-10(17)8-16)13-14-12(15-18-13)11-5-3-7-19-11/h3,5,7,9-10,17H,2,4,6,8H2,1H3. The average Bonchev–Trinajstić information content (AvgIpc) is 3.08. The number of hydrogen-bond donors (Lipinski definition) is 1. The summed E-state index contributed by atoms with van der Waals surface area (Å²) >= 11 is 1.60. The van der Waals surface area contributed by atoms with E-state index in [0.29, 0.717) is 18.3 Å². The van der Waals surface area contributed by atoms with Crippen LogP contribution in [-0.2, 0) is 0 Å². The van der Waals surface area contributed by atoms with Crippen LogP contribution in [0, 0.1) is 0 Å². The second-order valence-corrected chi connectivity index (χ2v) is 5.85. The van der Waals surface area contributed by atoms with Gasteiger partial charge in [-0.05, 0) is 37.8 Å². The number of piperidine rings is 1. The van der Waals surface area contributed by atoms with Crippen LogP contribution >= 0.6 is 11.3 Å². The molecular weight excluding hydrogens is 262 g/mol. The zero-order valence-corrected chi connectivity index (χ0v) is 11.6. The van der Waals surface area contributed by atoms with E-state index in [1.54, 1.807) is 11.3 Å².